The summed E-state index contributed by atoms with van der Waals surface area (Å²) in [5.74, 6) is -0.0826. The highest BCUT2D eigenvalue weighted by atomic mass is 19.4. The van der Waals surface area contributed by atoms with Gasteiger partial charge < -0.3 is 19.5 Å². The lowest BCUT2D eigenvalue weighted by atomic mass is 10.1. The van der Waals surface area contributed by atoms with Crippen LogP contribution in [0.2, 0.25) is 0 Å². The van der Waals surface area contributed by atoms with Crippen LogP contribution in [0, 0.1) is 12.7 Å². The molecule has 12 heteroatoms. The number of ether oxygens (including phenoxy) is 3. The predicted octanol–water partition coefficient (Wildman–Crippen LogP) is 7.97. The molecule has 2 aromatic heterocycles. The zero-order chi connectivity index (χ0) is 29.9. The second-order valence-electron chi connectivity index (χ2n) is 8.41. The van der Waals surface area contributed by atoms with Gasteiger partial charge in [-0.3, -0.25) is 4.57 Å². The number of halogens is 4. The number of benzene rings is 3. The normalized spacial score (nSPS) is 11.1. The summed E-state index contributed by atoms with van der Waals surface area (Å²) < 4.78 is 73.3. The van der Waals surface area contributed by atoms with Gasteiger partial charge in [0.25, 0.3) is 0 Å². The van der Waals surface area contributed by atoms with E-state index in [2.05, 4.69) is 15.3 Å². The Morgan fingerprint density at radius 3 is 2.27 bits per heavy atom. The van der Waals surface area contributed by atoms with Crippen molar-refractivity contribution < 1.29 is 36.6 Å². The summed E-state index contributed by atoms with van der Waals surface area (Å²) in [7, 11) is 2.95. The summed E-state index contributed by atoms with van der Waals surface area (Å²) in [4.78, 5) is 21.3. The van der Waals surface area contributed by atoms with Crippen LogP contribution in [0.1, 0.15) is 25.1 Å². The Morgan fingerprint density at radius 1 is 0.902 bits per heavy atom. The number of aromatic nitrogens is 3. The fourth-order valence-electron chi connectivity index (χ4n) is 4.26. The zero-order valence-corrected chi connectivity index (χ0v) is 22.8. The van der Waals surface area contributed by atoms with Gasteiger partial charge in [0.1, 0.15) is 6.33 Å². The molecule has 5 aromatic rings. The molecule has 41 heavy (non-hydrogen) atoms. The maximum absolute atomic E-state index is 15.6. The Bertz CT molecular complexity index is 1730. The van der Waals surface area contributed by atoms with Crippen LogP contribution in [-0.2, 0) is 6.18 Å². The summed E-state index contributed by atoms with van der Waals surface area (Å²) in [6, 6.07) is 11.1. The second kappa shape index (κ2) is 11.7. The van der Waals surface area contributed by atoms with Crippen LogP contribution >= 0.6 is 0 Å². The van der Waals surface area contributed by atoms with Crippen molar-refractivity contribution in [1.29, 1.82) is 0 Å². The maximum Gasteiger partial charge on any atom is 0.418 e. The molecule has 0 atom stereocenters. The van der Waals surface area contributed by atoms with Crippen molar-refractivity contribution >= 4 is 33.5 Å². The monoisotopic (exact) mass is 570 g/mol. The molecule has 0 aliphatic carbocycles. The van der Waals surface area contributed by atoms with Crippen LogP contribution in [0.4, 0.5) is 28.0 Å². The van der Waals surface area contributed by atoms with Gasteiger partial charge >= 0.3 is 12.2 Å². The SMILES string of the molecule is CC.COc1cc2ncnc(Oc3ccc4c(cc(C)n4C(=O)Nc4ccccc4C(F)(F)F)c3F)c2cc1OC. The standard InChI is InChI=1S/C27H20F4N4O4.C2H6/c1-14-10-16-20(35(14)26(36)34-18-7-5-4-6-17(18)27(29,30)31)8-9-21(24(16)28)39-25-15-11-22(37-2)23(38-3)12-19(15)32-13-33-25;1-2/h4-13H,1-3H3,(H,34,36);1-2H3. The van der Waals surface area contributed by atoms with Crippen LogP contribution in [0.15, 0.2) is 60.9 Å². The number of alkyl halides is 3. The number of para-hydroxylation sites is 1. The summed E-state index contributed by atoms with van der Waals surface area (Å²) in [6.07, 6.45) is -3.42. The van der Waals surface area contributed by atoms with Gasteiger partial charge in [0.2, 0.25) is 5.88 Å². The number of hydrogen-bond donors (Lipinski definition) is 1. The lowest BCUT2D eigenvalue weighted by Gasteiger charge is -2.15. The minimum atomic E-state index is -4.67. The number of hydrogen-bond acceptors (Lipinski definition) is 6. The van der Waals surface area contributed by atoms with E-state index in [0.717, 1.165) is 16.7 Å². The maximum atomic E-state index is 15.6. The Hall–Kier alpha value is -4.87. The van der Waals surface area contributed by atoms with E-state index in [9.17, 15) is 18.0 Å². The molecule has 214 valence electrons. The molecule has 0 spiro atoms. The van der Waals surface area contributed by atoms with Crippen molar-refractivity contribution in [2.75, 3.05) is 19.5 Å². The van der Waals surface area contributed by atoms with Crippen molar-refractivity contribution in [1.82, 2.24) is 14.5 Å². The summed E-state index contributed by atoms with van der Waals surface area (Å²) in [5.41, 5.74) is -0.511. The van der Waals surface area contributed by atoms with E-state index in [0.29, 0.717) is 28.1 Å². The molecule has 0 aliphatic rings. The van der Waals surface area contributed by atoms with E-state index in [4.69, 9.17) is 14.2 Å². The first-order chi connectivity index (χ1) is 19.6. The van der Waals surface area contributed by atoms with Crippen molar-refractivity contribution in [2.24, 2.45) is 0 Å². The number of methoxy groups -OCH3 is 2. The molecule has 2 heterocycles. The van der Waals surface area contributed by atoms with E-state index in [1.807, 2.05) is 13.8 Å². The minimum Gasteiger partial charge on any atom is -0.493 e. The molecular formula is C29H26F4N4O4. The number of nitrogens with one attached hydrogen (secondary N) is 1. The number of carbonyl (C=O) groups excluding carboxylic acids is 1. The number of anilines is 1. The quantitative estimate of drug-likeness (QED) is 0.216. The van der Waals surface area contributed by atoms with Gasteiger partial charge in [-0.15, -0.1) is 0 Å². The third kappa shape index (κ3) is 5.58. The average Bonchev–Trinajstić information content (AvgIpc) is 3.31. The van der Waals surface area contributed by atoms with E-state index in [-0.39, 0.29) is 22.5 Å². The third-order valence-corrected chi connectivity index (χ3v) is 6.06. The number of rotatable bonds is 5. The summed E-state index contributed by atoms with van der Waals surface area (Å²) >= 11 is 0. The van der Waals surface area contributed by atoms with Crippen LogP contribution in [0.25, 0.3) is 21.8 Å². The number of amides is 1. The molecule has 1 N–H and O–H groups in total. The van der Waals surface area contributed by atoms with Crippen molar-refractivity contribution in [3.8, 4) is 23.1 Å². The molecule has 0 aliphatic heterocycles. The fourth-order valence-corrected chi connectivity index (χ4v) is 4.26. The molecule has 0 fully saturated rings. The lowest BCUT2D eigenvalue weighted by molar-refractivity contribution is -0.136. The number of aryl methyl sites for hydroxylation is 1. The Kier molecular flexibility index (Phi) is 8.31. The Morgan fingerprint density at radius 2 is 1.59 bits per heavy atom. The Balaban J connectivity index is 0.00000189. The van der Waals surface area contributed by atoms with Crippen molar-refractivity contribution in [2.45, 2.75) is 26.9 Å². The van der Waals surface area contributed by atoms with Crippen LogP contribution in [0.3, 0.4) is 0 Å². The first-order valence-electron chi connectivity index (χ1n) is 12.4. The Labute approximate surface area is 232 Å². The molecular weight excluding hydrogens is 544 g/mol. The number of fused-ring (bicyclic) bond motifs is 2. The molecule has 0 bridgehead atoms. The molecule has 3 aromatic carbocycles. The summed E-state index contributed by atoms with van der Waals surface area (Å²) in [5, 5.41) is 2.74. The van der Waals surface area contributed by atoms with E-state index < -0.39 is 29.3 Å². The van der Waals surface area contributed by atoms with Crippen LogP contribution in [0.5, 0.6) is 23.1 Å². The molecule has 0 saturated heterocycles. The highest BCUT2D eigenvalue weighted by Gasteiger charge is 2.34. The van der Waals surface area contributed by atoms with Gasteiger partial charge in [-0.1, -0.05) is 26.0 Å². The fraction of sp³-hybridized carbons (Fsp3) is 0.207. The molecule has 0 radical (unpaired) electrons. The average molecular weight is 571 g/mol. The predicted molar refractivity (Wildman–Crippen MR) is 147 cm³/mol. The van der Waals surface area contributed by atoms with Gasteiger partial charge in [0, 0.05) is 17.1 Å². The molecule has 0 unspecified atom stereocenters. The topological polar surface area (TPSA) is 87.5 Å². The van der Waals surface area contributed by atoms with Gasteiger partial charge in [-0.25, -0.2) is 19.2 Å². The van der Waals surface area contributed by atoms with Gasteiger partial charge in [0.15, 0.2) is 23.1 Å². The number of carbonyl (C=O) groups is 1. The highest BCUT2D eigenvalue weighted by Crippen LogP contribution is 2.38. The van der Waals surface area contributed by atoms with Gasteiger partial charge in [-0.05, 0) is 43.3 Å². The van der Waals surface area contributed by atoms with E-state index in [1.165, 1.54) is 57.8 Å². The van der Waals surface area contributed by atoms with E-state index >= 15 is 4.39 Å². The zero-order valence-electron chi connectivity index (χ0n) is 22.8. The van der Waals surface area contributed by atoms with Crippen molar-refractivity contribution in [3.05, 3.63) is 78.0 Å². The van der Waals surface area contributed by atoms with Gasteiger partial charge in [-0.2, -0.15) is 13.2 Å². The molecule has 1 amide bonds. The lowest BCUT2D eigenvalue weighted by Crippen LogP contribution is -2.22. The van der Waals surface area contributed by atoms with Crippen LogP contribution < -0.4 is 19.5 Å². The van der Waals surface area contributed by atoms with Crippen LogP contribution in [-0.4, -0.2) is 34.8 Å². The third-order valence-electron chi connectivity index (χ3n) is 6.06. The molecule has 8 nitrogen and oxygen atoms in total. The summed E-state index contributed by atoms with van der Waals surface area (Å²) in [6.45, 7) is 5.53. The highest BCUT2D eigenvalue weighted by molar-refractivity contribution is 6.00. The van der Waals surface area contributed by atoms with E-state index in [1.54, 1.807) is 12.1 Å². The van der Waals surface area contributed by atoms with Gasteiger partial charge in [0.05, 0.1) is 41.9 Å². The van der Waals surface area contributed by atoms with Crippen molar-refractivity contribution in [3.63, 3.8) is 0 Å². The molecule has 0 saturated carbocycles. The number of nitrogens with zero attached hydrogens (tertiary/aromatic N) is 3. The largest absolute Gasteiger partial charge is 0.493 e. The smallest absolute Gasteiger partial charge is 0.418 e. The minimum absolute atomic E-state index is 0.0295. The first kappa shape index (κ1) is 29.1. The molecule has 5 rings (SSSR count). The first-order valence-corrected chi connectivity index (χ1v) is 12.4. The second-order valence-corrected chi connectivity index (χ2v) is 8.41.